The van der Waals surface area contributed by atoms with Gasteiger partial charge in [-0.1, -0.05) is 29.8 Å². The molecule has 0 radical (unpaired) electrons. The van der Waals surface area contributed by atoms with E-state index in [1.54, 1.807) is 18.3 Å². The average Bonchev–Trinajstić information content (AvgIpc) is 2.39. The van der Waals surface area contributed by atoms with Crippen LogP contribution in [0.3, 0.4) is 0 Å². The number of aliphatic imine (C=N–C) groups is 1. The Bertz CT molecular complexity index is 614. The molecule has 0 saturated heterocycles. The van der Waals surface area contributed by atoms with Gasteiger partial charge in [0.2, 0.25) is 6.08 Å². The van der Waals surface area contributed by atoms with E-state index in [0.717, 1.165) is 11.3 Å². The normalized spacial score (nSPS) is 10.3. The van der Waals surface area contributed by atoms with E-state index in [2.05, 4.69) is 9.98 Å². The molecule has 2 aromatic rings. The Kier molecular flexibility index (Phi) is 4.02. The second kappa shape index (κ2) is 5.92. The Morgan fingerprint density at radius 1 is 1.17 bits per heavy atom. The van der Waals surface area contributed by atoms with Gasteiger partial charge in [0.15, 0.2) is 0 Å². The topological polar surface area (TPSA) is 42.3 Å². The molecule has 0 aliphatic carbocycles. The highest BCUT2D eigenvalue weighted by Gasteiger charge is 1.93. The third-order valence-electron chi connectivity index (χ3n) is 2.26. The van der Waals surface area contributed by atoms with Crippen molar-refractivity contribution < 1.29 is 4.79 Å². The average molecular weight is 257 g/mol. The minimum Gasteiger partial charge on any atom is -0.257 e. The van der Waals surface area contributed by atoms with E-state index in [-0.39, 0.29) is 0 Å². The van der Waals surface area contributed by atoms with Crippen molar-refractivity contribution >= 4 is 35.5 Å². The number of halogens is 1. The SMILES string of the molecule is O=C=Nc1ccnc(/C=C/c2ccc(Cl)cc2)c1. The Balaban J connectivity index is 2.20. The molecular weight excluding hydrogens is 248 g/mol. The zero-order chi connectivity index (χ0) is 12.8. The molecule has 0 spiro atoms. The minimum atomic E-state index is 0.538. The molecule has 4 heteroatoms. The number of rotatable bonds is 3. The predicted octanol–water partition coefficient (Wildman–Crippen LogP) is 3.87. The number of nitrogens with zero attached hydrogens (tertiary/aromatic N) is 2. The van der Waals surface area contributed by atoms with E-state index in [1.807, 2.05) is 36.4 Å². The van der Waals surface area contributed by atoms with Crippen LogP contribution in [-0.2, 0) is 4.79 Å². The number of hydrogen-bond donors (Lipinski definition) is 0. The number of hydrogen-bond acceptors (Lipinski definition) is 3. The number of isocyanates is 1. The van der Waals surface area contributed by atoms with Crippen molar-refractivity contribution in [3.8, 4) is 0 Å². The summed E-state index contributed by atoms with van der Waals surface area (Å²) in [6.07, 6.45) is 6.84. The van der Waals surface area contributed by atoms with Crippen molar-refractivity contribution in [1.82, 2.24) is 4.98 Å². The molecule has 0 aliphatic heterocycles. The van der Waals surface area contributed by atoms with Gasteiger partial charge in [-0.25, -0.2) is 4.79 Å². The summed E-state index contributed by atoms with van der Waals surface area (Å²) in [6, 6.07) is 10.8. The highest BCUT2D eigenvalue weighted by atomic mass is 35.5. The van der Waals surface area contributed by atoms with Crippen molar-refractivity contribution in [2.75, 3.05) is 0 Å². The molecular formula is C14H9ClN2O. The van der Waals surface area contributed by atoms with Gasteiger partial charge in [0, 0.05) is 11.2 Å². The van der Waals surface area contributed by atoms with Gasteiger partial charge in [0.05, 0.1) is 11.4 Å². The Morgan fingerprint density at radius 2 is 1.94 bits per heavy atom. The van der Waals surface area contributed by atoms with Crippen LogP contribution in [-0.4, -0.2) is 11.1 Å². The summed E-state index contributed by atoms with van der Waals surface area (Å²) in [6.45, 7) is 0. The van der Waals surface area contributed by atoms with Gasteiger partial charge in [-0.3, -0.25) is 4.98 Å². The van der Waals surface area contributed by atoms with Crippen LogP contribution >= 0.6 is 11.6 Å². The van der Waals surface area contributed by atoms with Crippen LogP contribution < -0.4 is 0 Å². The van der Waals surface area contributed by atoms with Crippen LogP contribution in [0.2, 0.25) is 5.02 Å². The summed E-state index contributed by atoms with van der Waals surface area (Å²) in [7, 11) is 0. The van der Waals surface area contributed by atoms with Gasteiger partial charge in [-0.15, -0.1) is 0 Å². The molecule has 1 aromatic carbocycles. The van der Waals surface area contributed by atoms with E-state index in [1.165, 1.54) is 6.08 Å². The van der Waals surface area contributed by atoms with E-state index in [0.29, 0.717) is 10.7 Å². The fourth-order valence-electron chi connectivity index (χ4n) is 1.41. The van der Waals surface area contributed by atoms with Crippen LogP contribution in [0.15, 0.2) is 47.6 Å². The fraction of sp³-hybridized carbons (Fsp3) is 0. The second-order valence-electron chi connectivity index (χ2n) is 3.53. The molecule has 18 heavy (non-hydrogen) atoms. The zero-order valence-corrected chi connectivity index (χ0v) is 10.1. The maximum absolute atomic E-state index is 10.2. The third-order valence-corrected chi connectivity index (χ3v) is 2.51. The number of pyridine rings is 1. The summed E-state index contributed by atoms with van der Waals surface area (Å²) in [5.74, 6) is 0. The quantitative estimate of drug-likeness (QED) is 0.618. The number of aromatic nitrogens is 1. The van der Waals surface area contributed by atoms with Crippen LogP contribution in [0.5, 0.6) is 0 Å². The van der Waals surface area contributed by atoms with Crippen LogP contribution in [0, 0.1) is 0 Å². The molecule has 0 atom stereocenters. The van der Waals surface area contributed by atoms with Crippen molar-refractivity contribution in [2.24, 2.45) is 4.99 Å². The monoisotopic (exact) mass is 256 g/mol. The number of carbonyl (C=O) groups excluding carboxylic acids is 1. The van der Waals surface area contributed by atoms with E-state index in [4.69, 9.17) is 11.6 Å². The van der Waals surface area contributed by atoms with Gasteiger partial charge in [-0.05, 0) is 35.9 Å². The van der Waals surface area contributed by atoms with Gasteiger partial charge in [0.1, 0.15) is 0 Å². The van der Waals surface area contributed by atoms with Crippen molar-refractivity contribution in [1.29, 1.82) is 0 Å². The first-order chi connectivity index (χ1) is 8.78. The Morgan fingerprint density at radius 3 is 2.67 bits per heavy atom. The highest BCUT2D eigenvalue weighted by molar-refractivity contribution is 6.30. The molecule has 3 nitrogen and oxygen atoms in total. The first kappa shape index (κ1) is 12.2. The van der Waals surface area contributed by atoms with Crippen molar-refractivity contribution in [2.45, 2.75) is 0 Å². The lowest BCUT2D eigenvalue weighted by Crippen LogP contribution is -1.78. The number of benzene rings is 1. The first-order valence-electron chi connectivity index (χ1n) is 5.25. The summed E-state index contributed by atoms with van der Waals surface area (Å²) < 4.78 is 0. The largest absolute Gasteiger partial charge is 0.257 e. The summed E-state index contributed by atoms with van der Waals surface area (Å²) in [5, 5.41) is 0.701. The van der Waals surface area contributed by atoms with E-state index in [9.17, 15) is 4.79 Å². The molecule has 0 fully saturated rings. The zero-order valence-electron chi connectivity index (χ0n) is 9.38. The lowest BCUT2D eigenvalue weighted by Gasteiger charge is -1.95. The van der Waals surface area contributed by atoms with Gasteiger partial charge < -0.3 is 0 Å². The Labute approximate surface area is 109 Å². The lowest BCUT2D eigenvalue weighted by molar-refractivity contribution is 0.565. The molecule has 1 heterocycles. The molecule has 88 valence electrons. The van der Waals surface area contributed by atoms with Gasteiger partial charge in [0.25, 0.3) is 0 Å². The summed E-state index contributed by atoms with van der Waals surface area (Å²) in [4.78, 5) is 17.8. The second-order valence-corrected chi connectivity index (χ2v) is 3.96. The molecule has 2 rings (SSSR count). The molecule has 0 bridgehead atoms. The fourth-order valence-corrected chi connectivity index (χ4v) is 1.53. The summed E-state index contributed by atoms with van der Waals surface area (Å²) in [5.41, 5.74) is 2.28. The lowest BCUT2D eigenvalue weighted by atomic mass is 10.2. The molecule has 1 aromatic heterocycles. The van der Waals surface area contributed by atoms with Crippen LogP contribution in [0.1, 0.15) is 11.3 Å². The molecule has 0 unspecified atom stereocenters. The predicted molar refractivity (Wildman–Crippen MR) is 72.4 cm³/mol. The summed E-state index contributed by atoms with van der Waals surface area (Å²) >= 11 is 5.80. The smallest absolute Gasteiger partial charge is 0.240 e. The highest BCUT2D eigenvalue weighted by Crippen LogP contribution is 2.15. The standard InChI is InChI=1S/C14H9ClN2O/c15-12-4-1-11(2-5-12)3-6-13-9-14(17-10-18)7-8-16-13/h1-9H/b6-3+. The maximum atomic E-state index is 10.2. The van der Waals surface area contributed by atoms with E-state index >= 15 is 0 Å². The first-order valence-corrected chi connectivity index (χ1v) is 5.63. The third kappa shape index (κ3) is 3.39. The van der Waals surface area contributed by atoms with Crippen LogP contribution in [0.25, 0.3) is 12.2 Å². The molecule has 0 saturated carbocycles. The van der Waals surface area contributed by atoms with E-state index < -0.39 is 0 Å². The molecule has 0 aliphatic rings. The molecule has 0 amide bonds. The van der Waals surface area contributed by atoms with Gasteiger partial charge >= 0.3 is 0 Å². The van der Waals surface area contributed by atoms with Crippen molar-refractivity contribution in [3.63, 3.8) is 0 Å². The van der Waals surface area contributed by atoms with Crippen molar-refractivity contribution in [3.05, 3.63) is 58.9 Å². The molecule has 0 N–H and O–H groups in total. The van der Waals surface area contributed by atoms with Crippen LogP contribution in [0.4, 0.5) is 5.69 Å². The Hall–Kier alpha value is -2.22. The maximum Gasteiger partial charge on any atom is 0.240 e. The van der Waals surface area contributed by atoms with Gasteiger partial charge in [-0.2, -0.15) is 4.99 Å². The minimum absolute atomic E-state index is 0.538.